The van der Waals surface area contributed by atoms with Gasteiger partial charge in [0.1, 0.15) is 0 Å². The van der Waals surface area contributed by atoms with E-state index in [4.69, 9.17) is 4.74 Å². The normalized spacial score (nSPS) is 14.8. The lowest BCUT2D eigenvalue weighted by atomic mass is 10.1. The summed E-state index contributed by atoms with van der Waals surface area (Å²) in [6, 6.07) is 7.51. The zero-order chi connectivity index (χ0) is 14.5. The summed E-state index contributed by atoms with van der Waals surface area (Å²) in [5.74, 6) is 0. The van der Waals surface area contributed by atoms with Gasteiger partial charge >= 0.3 is 0 Å². The van der Waals surface area contributed by atoms with E-state index in [1.807, 2.05) is 0 Å². The van der Waals surface area contributed by atoms with Crippen molar-refractivity contribution in [1.29, 1.82) is 0 Å². The topological polar surface area (TPSA) is 24.5 Å². The molecule has 0 spiro atoms. The summed E-state index contributed by atoms with van der Waals surface area (Å²) < 4.78 is 5.61. The van der Waals surface area contributed by atoms with Gasteiger partial charge in [-0.15, -0.1) is 0 Å². The first-order valence-electron chi connectivity index (χ1n) is 7.72. The molecule has 1 aliphatic carbocycles. The van der Waals surface area contributed by atoms with Gasteiger partial charge in [-0.25, -0.2) is 0 Å². The molecule has 0 saturated heterocycles. The van der Waals surface area contributed by atoms with E-state index in [0.29, 0.717) is 6.10 Å². The van der Waals surface area contributed by atoms with Crippen LogP contribution in [0.2, 0.25) is 0 Å². The Hall–Kier alpha value is -1.06. The summed E-state index contributed by atoms with van der Waals surface area (Å²) >= 11 is 0. The number of ether oxygens (including phenoxy) is 1. The Kier molecular flexibility index (Phi) is 5.44. The van der Waals surface area contributed by atoms with Crippen molar-refractivity contribution < 1.29 is 4.74 Å². The summed E-state index contributed by atoms with van der Waals surface area (Å²) in [5.41, 5.74) is 4.05. The van der Waals surface area contributed by atoms with Gasteiger partial charge in [0, 0.05) is 31.9 Å². The fourth-order valence-electron chi connectivity index (χ4n) is 2.21. The minimum atomic E-state index is 0.306. The molecule has 0 unspecified atom stereocenters. The number of anilines is 1. The number of nitrogens with zero attached hydrogens (tertiary/aromatic N) is 1. The van der Waals surface area contributed by atoms with Crippen molar-refractivity contribution in [2.24, 2.45) is 0 Å². The van der Waals surface area contributed by atoms with Crippen molar-refractivity contribution in [2.45, 2.75) is 52.3 Å². The first-order chi connectivity index (χ1) is 9.56. The van der Waals surface area contributed by atoms with Crippen molar-refractivity contribution in [3.8, 4) is 0 Å². The maximum absolute atomic E-state index is 5.61. The van der Waals surface area contributed by atoms with Gasteiger partial charge < -0.3 is 15.0 Å². The molecule has 0 amide bonds. The number of benzene rings is 1. The van der Waals surface area contributed by atoms with Gasteiger partial charge in [0.25, 0.3) is 0 Å². The first-order valence-corrected chi connectivity index (χ1v) is 7.72. The number of hydrogen-bond acceptors (Lipinski definition) is 3. The van der Waals surface area contributed by atoms with Gasteiger partial charge in [0.2, 0.25) is 0 Å². The standard InChI is InChI=1S/C17H28N2O/c1-13(2)20-10-9-19(4)17-8-5-15(14(3)11-17)12-18-16-6-7-16/h5,8,11,13,16,18H,6-7,9-10,12H2,1-4H3. The quantitative estimate of drug-likeness (QED) is 0.789. The third-order valence-corrected chi connectivity index (χ3v) is 3.80. The van der Waals surface area contributed by atoms with Gasteiger partial charge in [-0.3, -0.25) is 0 Å². The van der Waals surface area contributed by atoms with Crippen molar-refractivity contribution >= 4 is 5.69 Å². The molecule has 0 aliphatic heterocycles. The molecule has 0 heterocycles. The maximum atomic E-state index is 5.61. The van der Waals surface area contributed by atoms with Gasteiger partial charge in [-0.2, -0.15) is 0 Å². The van der Waals surface area contributed by atoms with Crippen LogP contribution in [-0.4, -0.2) is 32.3 Å². The molecule has 3 heteroatoms. The Morgan fingerprint density at radius 3 is 2.70 bits per heavy atom. The predicted molar refractivity (Wildman–Crippen MR) is 85.4 cm³/mol. The minimum absolute atomic E-state index is 0.306. The maximum Gasteiger partial charge on any atom is 0.0644 e. The smallest absolute Gasteiger partial charge is 0.0644 e. The molecule has 0 aromatic heterocycles. The molecular formula is C17H28N2O. The number of likely N-dealkylation sites (N-methyl/N-ethyl adjacent to an activating group) is 1. The van der Waals surface area contributed by atoms with E-state index in [-0.39, 0.29) is 0 Å². The average Bonchev–Trinajstić information content (AvgIpc) is 3.20. The monoisotopic (exact) mass is 276 g/mol. The third kappa shape index (κ3) is 4.80. The Bertz CT molecular complexity index is 427. The van der Waals surface area contributed by atoms with Crippen LogP contribution in [0.5, 0.6) is 0 Å². The van der Waals surface area contributed by atoms with E-state index in [1.165, 1.54) is 29.7 Å². The van der Waals surface area contributed by atoms with Gasteiger partial charge in [0.15, 0.2) is 0 Å². The fourth-order valence-corrected chi connectivity index (χ4v) is 2.21. The second-order valence-corrected chi connectivity index (χ2v) is 6.11. The fraction of sp³-hybridized carbons (Fsp3) is 0.647. The van der Waals surface area contributed by atoms with E-state index in [9.17, 15) is 0 Å². The van der Waals surface area contributed by atoms with Gasteiger partial charge in [-0.1, -0.05) is 6.07 Å². The predicted octanol–water partition coefficient (Wildman–Crippen LogP) is 3.11. The van der Waals surface area contributed by atoms with Crippen molar-refractivity contribution in [2.75, 3.05) is 25.1 Å². The average molecular weight is 276 g/mol. The molecule has 3 nitrogen and oxygen atoms in total. The number of hydrogen-bond donors (Lipinski definition) is 1. The van der Waals surface area contributed by atoms with E-state index >= 15 is 0 Å². The molecular weight excluding hydrogens is 248 g/mol. The van der Waals surface area contributed by atoms with Crippen LogP contribution in [-0.2, 0) is 11.3 Å². The van der Waals surface area contributed by atoms with Crippen molar-refractivity contribution in [3.63, 3.8) is 0 Å². The molecule has 1 N–H and O–H groups in total. The molecule has 112 valence electrons. The summed E-state index contributed by atoms with van der Waals surface area (Å²) in [5, 5.41) is 3.58. The van der Waals surface area contributed by atoms with Crippen LogP contribution in [0.1, 0.15) is 37.8 Å². The van der Waals surface area contributed by atoms with E-state index in [2.05, 4.69) is 56.2 Å². The van der Waals surface area contributed by atoms with Crippen LogP contribution in [0.4, 0.5) is 5.69 Å². The van der Waals surface area contributed by atoms with Crippen LogP contribution < -0.4 is 10.2 Å². The second-order valence-electron chi connectivity index (χ2n) is 6.11. The van der Waals surface area contributed by atoms with Crippen molar-refractivity contribution in [3.05, 3.63) is 29.3 Å². The van der Waals surface area contributed by atoms with E-state index < -0.39 is 0 Å². The van der Waals surface area contributed by atoms with Crippen LogP contribution >= 0.6 is 0 Å². The van der Waals surface area contributed by atoms with Crippen LogP contribution in [0.3, 0.4) is 0 Å². The first kappa shape index (κ1) is 15.3. The van der Waals surface area contributed by atoms with Crippen molar-refractivity contribution in [1.82, 2.24) is 5.32 Å². The SMILES string of the molecule is Cc1cc(N(C)CCOC(C)C)ccc1CNC1CC1. The number of rotatable bonds is 8. The third-order valence-electron chi connectivity index (χ3n) is 3.80. The second kappa shape index (κ2) is 7.09. The molecule has 0 bridgehead atoms. The zero-order valence-electron chi connectivity index (χ0n) is 13.3. The summed E-state index contributed by atoms with van der Waals surface area (Å²) in [7, 11) is 2.13. The Labute approximate surface area is 123 Å². The summed E-state index contributed by atoms with van der Waals surface area (Å²) in [6.45, 7) is 9.05. The molecule has 1 aromatic carbocycles. The summed E-state index contributed by atoms with van der Waals surface area (Å²) in [4.78, 5) is 2.26. The van der Waals surface area contributed by atoms with Crippen LogP contribution in [0.25, 0.3) is 0 Å². The van der Waals surface area contributed by atoms with Gasteiger partial charge in [0.05, 0.1) is 12.7 Å². The zero-order valence-corrected chi connectivity index (χ0v) is 13.3. The molecule has 1 aliphatic rings. The summed E-state index contributed by atoms with van der Waals surface area (Å²) in [6.07, 6.45) is 2.99. The number of nitrogens with one attached hydrogen (secondary N) is 1. The number of aryl methyl sites for hydroxylation is 1. The highest BCUT2D eigenvalue weighted by atomic mass is 16.5. The largest absolute Gasteiger partial charge is 0.377 e. The lowest BCUT2D eigenvalue weighted by molar-refractivity contribution is 0.0846. The highest BCUT2D eigenvalue weighted by Crippen LogP contribution is 2.22. The molecule has 1 saturated carbocycles. The highest BCUT2D eigenvalue weighted by Gasteiger charge is 2.20. The van der Waals surface area contributed by atoms with E-state index in [0.717, 1.165) is 25.7 Å². The van der Waals surface area contributed by atoms with E-state index in [1.54, 1.807) is 0 Å². The highest BCUT2D eigenvalue weighted by molar-refractivity contribution is 5.50. The lowest BCUT2D eigenvalue weighted by Crippen LogP contribution is -2.24. The van der Waals surface area contributed by atoms with Gasteiger partial charge in [-0.05, 0) is 56.9 Å². The minimum Gasteiger partial charge on any atom is -0.377 e. The molecule has 1 aromatic rings. The van der Waals surface area contributed by atoms with Crippen LogP contribution in [0, 0.1) is 6.92 Å². The Morgan fingerprint density at radius 2 is 2.10 bits per heavy atom. The Morgan fingerprint density at radius 1 is 1.35 bits per heavy atom. The molecule has 0 radical (unpaired) electrons. The van der Waals surface area contributed by atoms with Crippen LogP contribution in [0.15, 0.2) is 18.2 Å². The molecule has 2 rings (SSSR count). The molecule has 1 fully saturated rings. The lowest BCUT2D eigenvalue weighted by Gasteiger charge is -2.21. The molecule has 20 heavy (non-hydrogen) atoms. The Balaban J connectivity index is 1.86. The molecule has 0 atom stereocenters.